The molecule has 1 aromatic heterocycles. The normalized spacial score (nSPS) is 21.0. The standard InChI is InChI=1S/C30H29FN4O3/c1-37-27-11-10-19(16-20(27)18-33-12-14-34(15-13-33)26-9-5-3-7-23(26)31)28-29-22-17-24(32-28)30(36)38-35(29)25-8-4-2-6-21(22)25/h2-11,16,24,28,32H,12-15,17-18H2,1H3. The first kappa shape index (κ1) is 23.3. The summed E-state index contributed by atoms with van der Waals surface area (Å²) in [4.78, 5) is 23.1. The molecule has 5 heterocycles. The number of fused-ring (bicyclic) bond motifs is 3. The van der Waals surface area contributed by atoms with Crippen LogP contribution in [-0.2, 0) is 17.8 Å². The SMILES string of the molecule is COc1ccc(C2NC3Cc4c2n(c2ccccc42)OC3=O)cc1CN1CCN(c2ccccc2F)CC1. The minimum absolute atomic E-state index is 0.176. The molecule has 194 valence electrons. The van der Waals surface area contributed by atoms with Crippen LogP contribution in [0.15, 0.2) is 66.7 Å². The number of carbonyl (C=O) groups is 1. The van der Waals surface area contributed by atoms with Gasteiger partial charge in [0.2, 0.25) is 0 Å². The molecule has 0 spiro atoms. The van der Waals surface area contributed by atoms with Gasteiger partial charge < -0.3 is 14.5 Å². The van der Waals surface area contributed by atoms with Crippen molar-refractivity contribution in [2.45, 2.75) is 25.0 Å². The third-order valence-corrected chi connectivity index (χ3v) is 8.09. The Morgan fingerprint density at radius 1 is 1.03 bits per heavy atom. The molecule has 1 N–H and O–H groups in total. The molecule has 38 heavy (non-hydrogen) atoms. The third-order valence-electron chi connectivity index (χ3n) is 8.09. The maximum atomic E-state index is 14.3. The molecule has 4 aliphatic rings. The zero-order valence-electron chi connectivity index (χ0n) is 21.2. The van der Waals surface area contributed by atoms with Gasteiger partial charge in [-0.2, -0.15) is 4.73 Å². The van der Waals surface area contributed by atoms with E-state index >= 15 is 0 Å². The topological polar surface area (TPSA) is 59.0 Å². The molecule has 0 amide bonds. The van der Waals surface area contributed by atoms with Crippen molar-refractivity contribution < 1.29 is 18.8 Å². The highest BCUT2D eigenvalue weighted by Crippen LogP contribution is 2.40. The van der Waals surface area contributed by atoms with Crippen LogP contribution in [0.5, 0.6) is 5.75 Å². The predicted molar refractivity (Wildman–Crippen MR) is 143 cm³/mol. The van der Waals surface area contributed by atoms with Crippen molar-refractivity contribution >= 4 is 22.6 Å². The highest BCUT2D eigenvalue weighted by atomic mass is 19.1. The Hall–Kier alpha value is -3.88. The van der Waals surface area contributed by atoms with Gasteiger partial charge in [0, 0.05) is 50.1 Å². The molecule has 0 aliphatic carbocycles. The van der Waals surface area contributed by atoms with Crippen LogP contribution in [-0.4, -0.2) is 54.9 Å². The van der Waals surface area contributed by atoms with E-state index in [2.05, 4.69) is 33.3 Å². The highest BCUT2D eigenvalue weighted by molar-refractivity contribution is 5.90. The zero-order chi connectivity index (χ0) is 25.8. The lowest BCUT2D eigenvalue weighted by atomic mass is 9.90. The number of para-hydroxylation sites is 2. The lowest BCUT2D eigenvalue weighted by Gasteiger charge is -2.36. The molecular weight excluding hydrogens is 483 g/mol. The molecule has 0 saturated carbocycles. The van der Waals surface area contributed by atoms with Crippen molar-refractivity contribution in [3.05, 3.63) is 94.9 Å². The summed E-state index contributed by atoms with van der Waals surface area (Å²) in [6, 6.07) is 20.8. The Morgan fingerprint density at radius 3 is 2.63 bits per heavy atom. The number of aromatic nitrogens is 1. The Kier molecular flexibility index (Phi) is 5.60. The fraction of sp³-hybridized carbons (Fsp3) is 0.300. The lowest BCUT2D eigenvalue weighted by Crippen LogP contribution is -2.46. The number of hydrogen-bond donors (Lipinski definition) is 1. The zero-order valence-corrected chi connectivity index (χ0v) is 21.2. The lowest BCUT2D eigenvalue weighted by molar-refractivity contribution is -0.144. The Bertz CT molecular complexity index is 1540. The van der Waals surface area contributed by atoms with Crippen LogP contribution in [0.25, 0.3) is 10.9 Å². The van der Waals surface area contributed by atoms with Crippen LogP contribution < -0.4 is 19.8 Å². The first-order chi connectivity index (χ1) is 18.6. The molecule has 8 heteroatoms. The number of nitrogens with one attached hydrogen (secondary N) is 1. The number of methoxy groups -OCH3 is 1. The molecule has 4 aliphatic heterocycles. The number of piperazine rings is 1. The van der Waals surface area contributed by atoms with Gasteiger partial charge in [-0.15, -0.1) is 0 Å². The van der Waals surface area contributed by atoms with E-state index in [-0.39, 0.29) is 17.8 Å². The summed E-state index contributed by atoms with van der Waals surface area (Å²) in [5, 5.41) is 4.68. The molecular formula is C30H29FN4O3. The number of ether oxygens (including phenoxy) is 1. The average Bonchev–Trinajstić information content (AvgIpc) is 3.09. The fourth-order valence-corrected chi connectivity index (χ4v) is 6.20. The summed E-state index contributed by atoms with van der Waals surface area (Å²) in [5.74, 6) is 0.404. The summed E-state index contributed by atoms with van der Waals surface area (Å²) >= 11 is 0. The molecule has 0 radical (unpaired) electrons. The summed E-state index contributed by atoms with van der Waals surface area (Å²) in [7, 11) is 1.69. The number of carbonyl (C=O) groups excluding carboxylic acids is 1. The quantitative estimate of drug-likeness (QED) is 0.440. The van der Waals surface area contributed by atoms with Crippen LogP contribution in [0, 0.1) is 5.82 Å². The Labute approximate surface area is 220 Å². The van der Waals surface area contributed by atoms with Gasteiger partial charge in [0.1, 0.15) is 17.6 Å². The van der Waals surface area contributed by atoms with E-state index in [0.717, 1.165) is 66.2 Å². The largest absolute Gasteiger partial charge is 0.496 e. The van der Waals surface area contributed by atoms with Crippen molar-refractivity contribution in [3.63, 3.8) is 0 Å². The van der Waals surface area contributed by atoms with E-state index in [0.29, 0.717) is 12.1 Å². The van der Waals surface area contributed by atoms with Crippen LogP contribution in [0.3, 0.4) is 0 Å². The maximum Gasteiger partial charge on any atom is 0.350 e. The maximum absolute atomic E-state index is 14.3. The van der Waals surface area contributed by atoms with Crippen molar-refractivity contribution in [3.8, 4) is 5.75 Å². The molecule has 1 fully saturated rings. The number of halogens is 1. The number of rotatable bonds is 5. The minimum Gasteiger partial charge on any atom is -0.496 e. The number of nitrogens with zero attached hydrogens (tertiary/aromatic N) is 3. The van der Waals surface area contributed by atoms with Gasteiger partial charge in [-0.25, -0.2) is 9.18 Å². The molecule has 2 unspecified atom stereocenters. The van der Waals surface area contributed by atoms with Crippen LogP contribution >= 0.6 is 0 Å². The molecule has 2 atom stereocenters. The van der Waals surface area contributed by atoms with Crippen LogP contribution in [0.1, 0.15) is 28.4 Å². The molecule has 7 nitrogen and oxygen atoms in total. The number of hydrogen-bond acceptors (Lipinski definition) is 6. The second-order valence-electron chi connectivity index (χ2n) is 10.2. The second kappa shape index (κ2) is 9.15. The van der Waals surface area contributed by atoms with Crippen LogP contribution in [0.4, 0.5) is 10.1 Å². The molecule has 3 aromatic carbocycles. The van der Waals surface area contributed by atoms with Gasteiger partial charge >= 0.3 is 5.97 Å². The third kappa shape index (κ3) is 3.75. The summed E-state index contributed by atoms with van der Waals surface area (Å²) < 4.78 is 21.7. The first-order valence-electron chi connectivity index (χ1n) is 13.1. The van der Waals surface area contributed by atoms with Crippen LogP contribution in [0.2, 0.25) is 0 Å². The van der Waals surface area contributed by atoms with Crippen molar-refractivity contribution in [2.75, 3.05) is 38.2 Å². The van der Waals surface area contributed by atoms with Gasteiger partial charge in [0.05, 0.1) is 30.0 Å². The number of benzene rings is 3. The van der Waals surface area contributed by atoms with Gasteiger partial charge in [-0.1, -0.05) is 36.4 Å². The first-order valence-corrected chi connectivity index (χ1v) is 13.1. The van der Waals surface area contributed by atoms with E-state index in [9.17, 15) is 9.18 Å². The van der Waals surface area contributed by atoms with Gasteiger partial charge in [0.15, 0.2) is 0 Å². The van der Waals surface area contributed by atoms with Crippen molar-refractivity contribution in [1.82, 2.24) is 14.9 Å². The molecule has 4 aromatic rings. The second-order valence-corrected chi connectivity index (χ2v) is 10.2. The Balaban J connectivity index is 1.18. The molecule has 4 bridgehead atoms. The van der Waals surface area contributed by atoms with E-state index in [1.807, 2.05) is 36.4 Å². The molecule has 1 saturated heterocycles. The van der Waals surface area contributed by atoms with E-state index in [4.69, 9.17) is 9.57 Å². The number of anilines is 1. The Morgan fingerprint density at radius 2 is 1.82 bits per heavy atom. The minimum atomic E-state index is -0.394. The van der Waals surface area contributed by atoms with Gasteiger partial charge in [-0.3, -0.25) is 10.2 Å². The predicted octanol–water partition coefficient (Wildman–Crippen LogP) is 3.68. The molecule has 8 rings (SSSR count). The smallest absolute Gasteiger partial charge is 0.350 e. The van der Waals surface area contributed by atoms with E-state index in [1.54, 1.807) is 17.9 Å². The van der Waals surface area contributed by atoms with E-state index < -0.39 is 6.04 Å². The summed E-state index contributed by atoms with van der Waals surface area (Å²) in [5.41, 5.74) is 5.89. The van der Waals surface area contributed by atoms with E-state index in [1.165, 1.54) is 11.6 Å². The average molecular weight is 513 g/mol. The van der Waals surface area contributed by atoms with Gasteiger partial charge in [-0.05, 0) is 41.5 Å². The summed E-state index contributed by atoms with van der Waals surface area (Å²) in [6.45, 7) is 3.90. The summed E-state index contributed by atoms with van der Waals surface area (Å²) in [6.07, 6.45) is 0.619. The van der Waals surface area contributed by atoms with Crippen molar-refractivity contribution in [1.29, 1.82) is 0 Å². The fourth-order valence-electron chi connectivity index (χ4n) is 6.20. The van der Waals surface area contributed by atoms with Crippen molar-refractivity contribution in [2.24, 2.45) is 0 Å². The monoisotopic (exact) mass is 512 g/mol. The highest BCUT2D eigenvalue weighted by Gasteiger charge is 2.41. The van der Waals surface area contributed by atoms with Gasteiger partial charge in [0.25, 0.3) is 0 Å².